The summed E-state index contributed by atoms with van der Waals surface area (Å²) >= 11 is 1.89. The Kier molecular flexibility index (Phi) is 7.51. The summed E-state index contributed by atoms with van der Waals surface area (Å²) in [7, 11) is 0. The van der Waals surface area contributed by atoms with E-state index >= 15 is 0 Å². The average molecular weight is 831 g/mol. The van der Waals surface area contributed by atoms with Gasteiger partial charge in [-0.3, -0.25) is 0 Å². The van der Waals surface area contributed by atoms with Crippen molar-refractivity contribution in [3.05, 3.63) is 253 Å². The second-order valence-corrected chi connectivity index (χ2v) is 18.2. The van der Waals surface area contributed by atoms with E-state index in [4.69, 9.17) is 0 Å². The van der Waals surface area contributed by atoms with Crippen LogP contribution in [0.5, 0.6) is 0 Å². The van der Waals surface area contributed by atoms with Crippen molar-refractivity contribution < 1.29 is 0 Å². The van der Waals surface area contributed by atoms with Gasteiger partial charge >= 0.3 is 0 Å². The Morgan fingerprint density at radius 1 is 0.391 bits per heavy atom. The monoisotopic (exact) mass is 830 g/mol. The fourth-order valence-corrected chi connectivity index (χ4v) is 12.8. The van der Waals surface area contributed by atoms with Crippen LogP contribution in [0.4, 0.5) is 17.1 Å². The lowest BCUT2D eigenvalue weighted by molar-refractivity contribution is 0.793. The molecule has 2 aromatic heterocycles. The van der Waals surface area contributed by atoms with Crippen LogP contribution in [-0.2, 0) is 5.41 Å². The lowest BCUT2D eigenvalue weighted by Gasteiger charge is -2.36. The van der Waals surface area contributed by atoms with Gasteiger partial charge in [0.2, 0.25) is 0 Å². The van der Waals surface area contributed by atoms with Gasteiger partial charge in [0.05, 0.1) is 27.8 Å². The van der Waals surface area contributed by atoms with Gasteiger partial charge in [0, 0.05) is 47.9 Å². The first-order valence-electron chi connectivity index (χ1n) is 22.1. The topological polar surface area (TPSA) is 8.17 Å². The molecule has 0 unspecified atom stereocenters. The number of para-hydroxylation sites is 2. The van der Waals surface area contributed by atoms with E-state index < -0.39 is 5.41 Å². The second kappa shape index (κ2) is 13.5. The third-order valence-corrected chi connectivity index (χ3v) is 15.2. The minimum absolute atomic E-state index is 0.541. The summed E-state index contributed by atoms with van der Waals surface area (Å²) in [6.45, 7) is 0. The summed E-state index contributed by atoms with van der Waals surface area (Å²) in [5.74, 6) is 0. The van der Waals surface area contributed by atoms with Gasteiger partial charge in [-0.15, -0.1) is 11.3 Å². The lowest BCUT2D eigenvalue weighted by atomic mass is 9.70. The minimum atomic E-state index is -0.541. The van der Waals surface area contributed by atoms with Crippen LogP contribution in [0.2, 0.25) is 0 Å². The number of rotatable bonds is 5. The Balaban J connectivity index is 1.11. The van der Waals surface area contributed by atoms with Gasteiger partial charge in [0.15, 0.2) is 0 Å². The Labute approximate surface area is 375 Å². The summed E-state index contributed by atoms with van der Waals surface area (Å²) in [6, 6.07) is 85.9. The van der Waals surface area contributed by atoms with Gasteiger partial charge in [0.1, 0.15) is 0 Å². The fourth-order valence-electron chi connectivity index (χ4n) is 11.6. The predicted octanol–water partition coefficient (Wildman–Crippen LogP) is 16.6. The van der Waals surface area contributed by atoms with Crippen molar-refractivity contribution in [3.8, 4) is 39.1 Å². The van der Waals surface area contributed by atoms with Crippen molar-refractivity contribution in [2.45, 2.75) is 5.41 Å². The molecule has 0 amide bonds. The molecule has 64 heavy (non-hydrogen) atoms. The predicted molar refractivity (Wildman–Crippen MR) is 270 cm³/mol. The highest BCUT2D eigenvalue weighted by atomic mass is 32.1. The van der Waals surface area contributed by atoms with Crippen LogP contribution in [0.15, 0.2) is 231 Å². The summed E-state index contributed by atoms with van der Waals surface area (Å²) in [6.07, 6.45) is 0. The first-order chi connectivity index (χ1) is 31.8. The van der Waals surface area contributed by atoms with E-state index in [2.05, 4.69) is 240 Å². The Morgan fingerprint density at radius 3 is 1.72 bits per heavy atom. The summed E-state index contributed by atoms with van der Waals surface area (Å²) in [5.41, 5.74) is 19.3. The molecule has 0 fully saturated rings. The van der Waals surface area contributed by atoms with E-state index in [1.807, 2.05) is 11.3 Å². The minimum Gasteiger partial charge on any atom is -0.309 e. The number of fused-ring (bicyclic) bond motifs is 16. The molecule has 2 aliphatic carbocycles. The molecule has 0 radical (unpaired) electrons. The maximum absolute atomic E-state index is 2.59. The molecule has 0 saturated carbocycles. The van der Waals surface area contributed by atoms with Crippen molar-refractivity contribution in [2.75, 3.05) is 4.90 Å². The van der Waals surface area contributed by atoms with E-state index in [0.717, 1.165) is 17.1 Å². The maximum Gasteiger partial charge on any atom is 0.0746 e. The van der Waals surface area contributed by atoms with E-state index in [9.17, 15) is 0 Å². The highest BCUT2D eigenvalue weighted by molar-refractivity contribution is 7.26. The van der Waals surface area contributed by atoms with Crippen LogP contribution in [-0.4, -0.2) is 4.57 Å². The van der Waals surface area contributed by atoms with Gasteiger partial charge in [-0.1, -0.05) is 176 Å². The largest absolute Gasteiger partial charge is 0.309 e. The molecule has 298 valence electrons. The van der Waals surface area contributed by atoms with Gasteiger partial charge in [-0.25, -0.2) is 0 Å². The Bertz CT molecular complexity index is 3810. The molecule has 14 rings (SSSR count). The SMILES string of the molecule is c1ccc(-n2c3ccccc3c3c(N(c4cccc(-c5cccc6c5sc5ccccc56)c4)c4cccc5c4C4(c6ccccc6-c6ccccc64)c4ccccc4-5)cccc32)cc1. The number of nitrogens with zero attached hydrogens (tertiary/aromatic N) is 2. The van der Waals surface area contributed by atoms with E-state index in [0.29, 0.717) is 0 Å². The molecule has 0 bridgehead atoms. The second-order valence-electron chi connectivity index (χ2n) is 17.1. The third-order valence-electron chi connectivity index (χ3n) is 14.0. The Morgan fingerprint density at radius 2 is 0.938 bits per heavy atom. The number of anilines is 3. The summed E-state index contributed by atoms with van der Waals surface area (Å²) < 4.78 is 5.06. The number of hydrogen-bond donors (Lipinski definition) is 0. The molecule has 10 aromatic carbocycles. The summed E-state index contributed by atoms with van der Waals surface area (Å²) in [4.78, 5) is 2.59. The Hall–Kier alpha value is -7.98. The van der Waals surface area contributed by atoms with Gasteiger partial charge in [0.25, 0.3) is 0 Å². The quantitative estimate of drug-likeness (QED) is 0.168. The van der Waals surface area contributed by atoms with Crippen LogP contribution >= 0.6 is 11.3 Å². The molecule has 12 aromatic rings. The number of aromatic nitrogens is 1. The lowest BCUT2D eigenvalue weighted by Crippen LogP contribution is -2.28. The molecule has 2 aliphatic rings. The highest BCUT2D eigenvalue weighted by Gasteiger charge is 2.53. The molecular weight excluding hydrogens is 793 g/mol. The molecule has 2 heterocycles. The maximum atomic E-state index is 2.59. The van der Waals surface area contributed by atoms with Crippen molar-refractivity contribution in [1.29, 1.82) is 0 Å². The molecule has 0 saturated heterocycles. The first kappa shape index (κ1) is 35.6. The van der Waals surface area contributed by atoms with Gasteiger partial charge < -0.3 is 9.47 Å². The zero-order valence-corrected chi connectivity index (χ0v) is 35.6. The zero-order chi connectivity index (χ0) is 41.9. The highest BCUT2D eigenvalue weighted by Crippen LogP contribution is 2.65. The standard InChI is InChI=1S/C61H38N2S/c1-2-19-40(20-3-1)62-53-33-12-7-26-49(53)58-54(62)34-17-35-55(58)63(41-21-14-18-39(38-41)42-27-15-29-48-46-25-8-13-37-57(46)64-60(42)48)56-36-16-28-47-45-24-6-11-32-52(45)61(59(47)56)50-30-9-4-22-43(50)44-23-5-10-31-51(44)61/h1-38H. The van der Waals surface area contributed by atoms with Gasteiger partial charge in [-0.2, -0.15) is 0 Å². The smallest absolute Gasteiger partial charge is 0.0746 e. The molecule has 0 aliphatic heterocycles. The third kappa shape index (κ3) is 4.74. The van der Waals surface area contributed by atoms with Crippen LogP contribution < -0.4 is 4.90 Å². The fraction of sp³-hybridized carbons (Fsp3) is 0.0164. The van der Waals surface area contributed by atoms with E-state index in [1.165, 1.54) is 103 Å². The number of hydrogen-bond acceptors (Lipinski definition) is 2. The number of thiophene rings is 1. The molecular formula is C61H38N2S. The van der Waals surface area contributed by atoms with Crippen LogP contribution in [0.3, 0.4) is 0 Å². The summed E-state index contributed by atoms with van der Waals surface area (Å²) in [5, 5.41) is 5.05. The van der Waals surface area contributed by atoms with Crippen molar-refractivity contribution in [1.82, 2.24) is 4.57 Å². The molecule has 1 spiro atoms. The molecule has 3 heteroatoms. The van der Waals surface area contributed by atoms with Crippen LogP contribution in [0.25, 0.3) is 81.0 Å². The normalized spacial score (nSPS) is 13.1. The average Bonchev–Trinajstić information content (AvgIpc) is 4.09. The van der Waals surface area contributed by atoms with Crippen molar-refractivity contribution >= 4 is 70.4 Å². The molecule has 2 nitrogen and oxygen atoms in total. The van der Waals surface area contributed by atoms with Gasteiger partial charge in [-0.05, 0) is 105 Å². The van der Waals surface area contributed by atoms with Crippen molar-refractivity contribution in [2.24, 2.45) is 0 Å². The first-order valence-corrected chi connectivity index (χ1v) is 22.9. The van der Waals surface area contributed by atoms with Crippen molar-refractivity contribution in [3.63, 3.8) is 0 Å². The van der Waals surface area contributed by atoms with E-state index in [1.54, 1.807) is 0 Å². The number of benzene rings is 10. The van der Waals surface area contributed by atoms with E-state index in [-0.39, 0.29) is 0 Å². The zero-order valence-electron chi connectivity index (χ0n) is 34.7. The molecule has 0 atom stereocenters. The van der Waals surface area contributed by atoms with Crippen LogP contribution in [0.1, 0.15) is 22.3 Å². The van der Waals surface area contributed by atoms with Crippen LogP contribution in [0, 0.1) is 0 Å². The molecule has 0 N–H and O–H groups in total.